The fraction of sp³-hybridized carbons (Fsp3) is 0.300. The highest BCUT2D eigenvalue weighted by Crippen LogP contribution is 2.22. The second-order valence-corrected chi connectivity index (χ2v) is 6.19. The summed E-state index contributed by atoms with van der Waals surface area (Å²) in [6, 6.07) is 14.8. The van der Waals surface area contributed by atoms with Crippen LogP contribution in [-0.4, -0.2) is 29.5 Å². The molecule has 1 aromatic heterocycles. The van der Waals surface area contributed by atoms with Crippen molar-refractivity contribution in [3.05, 3.63) is 64.6 Å². The van der Waals surface area contributed by atoms with Gasteiger partial charge in [-0.1, -0.05) is 24.3 Å². The van der Waals surface area contributed by atoms with Crippen molar-refractivity contribution in [2.45, 2.75) is 25.9 Å². The molecule has 1 unspecified atom stereocenters. The number of aryl methyl sites for hydroxylation is 1. The Morgan fingerprint density at radius 2 is 1.88 bits per heavy atom. The Labute approximate surface area is 151 Å². The van der Waals surface area contributed by atoms with Gasteiger partial charge in [0, 0.05) is 20.0 Å². The SMILES string of the molecule is COc1ccc(C(C)N(C)C(=O)CCn2c(=O)oc3ccccc32)cc1. The molecule has 0 fully saturated rings. The normalized spacial score (nSPS) is 12.1. The summed E-state index contributed by atoms with van der Waals surface area (Å²) in [5, 5.41) is 0. The van der Waals surface area contributed by atoms with Crippen molar-refractivity contribution in [2.75, 3.05) is 14.2 Å². The molecule has 0 spiro atoms. The maximum absolute atomic E-state index is 12.6. The summed E-state index contributed by atoms with van der Waals surface area (Å²) in [6.45, 7) is 2.26. The summed E-state index contributed by atoms with van der Waals surface area (Å²) in [6.07, 6.45) is 0.223. The first-order valence-corrected chi connectivity index (χ1v) is 8.49. The van der Waals surface area contributed by atoms with Gasteiger partial charge in [0.15, 0.2) is 5.58 Å². The van der Waals surface area contributed by atoms with Crippen molar-refractivity contribution in [1.29, 1.82) is 0 Å². The van der Waals surface area contributed by atoms with Crippen molar-refractivity contribution in [1.82, 2.24) is 9.47 Å². The van der Waals surface area contributed by atoms with E-state index in [1.807, 2.05) is 49.4 Å². The van der Waals surface area contributed by atoms with Crippen molar-refractivity contribution in [3.8, 4) is 5.75 Å². The largest absolute Gasteiger partial charge is 0.497 e. The topological polar surface area (TPSA) is 64.7 Å². The van der Waals surface area contributed by atoms with E-state index in [4.69, 9.17) is 9.15 Å². The average molecular weight is 354 g/mol. The van der Waals surface area contributed by atoms with E-state index in [1.165, 1.54) is 4.57 Å². The van der Waals surface area contributed by atoms with Crippen LogP contribution in [-0.2, 0) is 11.3 Å². The molecule has 0 aliphatic carbocycles. The van der Waals surface area contributed by atoms with Gasteiger partial charge < -0.3 is 14.1 Å². The number of oxazole rings is 1. The maximum atomic E-state index is 12.6. The van der Waals surface area contributed by atoms with Gasteiger partial charge in [0.2, 0.25) is 5.91 Å². The lowest BCUT2D eigenvalue weighted by molar-refractivity contribution is -0.132. The predicted octanol–water partition coefficient (Wildman–Crippen LogP) is 3.21. The van der Waals surface area contributed by atoms with Crippen LogP contribution in [0.1, 0.15) is 24.9 Å². The lowest BCUT2D eigenvalue weighted by Crippen LogP contribution is -2.31. The number of carbonyl (C=O) groups excluding carboxylic acids is 1. The van der Waals surface area contributed by atoms with Gasteiger partial charge in [-0.25, -0.2) is 4.79 Å². The van der Waals surface area contributed by atoms with Gasteiger partial charge in [0.1, 0.15) is 5.75 Å². The minimum atomic E-state index is -0.440. The van der Waals surface area contributed by atoms with E-state index >= 15 is 0 Å². The third-order valence-electron chi connectivity index (χ3n) is 4.70. The van der Waals surface area contributed by atoms with Gasteiger partial charge in [-0.15, -0.1) is 0 Å². The molecule has 0 saturated carbocycles. The third kappa shape index (κ3) is 3.49. The van der Waals surface area contributed by atoms with E-state index in [0.29, 0.717) is 11.1 Å². The number of hydrogen-bond donors (Lipinski definition) is 0. The molecule has 6 heteroatoms. The Morgan fingerprint density at radius 1 is 1.19 bits per heavy atom. The van der Waals surface area contributed by atoms with Crippen LogP contribution in [0.25, 0.3) is 11.1 Å². The second kappa shape index (κ2) is 7.47. The van der Waals surface area contributed by atoms with Crippen LogP contribution in [0.4, 0.5) is 0 Å². The molecular formula is C20H22N2O4. The molecule has 0 aliphatic heterocycles. The lowest BCUT2D eigenvalue weighted by atomic mass is 10.1. The fourth-order valence-corrected chi connectivity index (χ4v) is 2.93. The summed E-state index contributed by atoms with van der Waals surface area (Å²) in [4.78, 5) is 26.3. The molecule has 26 heavy (non-hydrogen) atoms. The highest BCUT2D eigenvalue weighted by atomic mass is 16.5. The van der Waals surface area contributed by atoms with E-state index in [9.17, 15) is 9.59 Å². The first-order valence-electron chi connectivity index (χ1n) is 8.49. The van der Waals surface area contributed by atoms with E-state index in [2.05, 4.69) is 0 Å². The van der Waals surface area contributed by atoms with E-state index in [-0.39, 0.29) is 24.9 Å². The number of nitrogens with zero attached hydrogens (tertiary/aromatic N) is 2. The standard InChI is InChI=1S/C20H22N2O4/c1-14(15-8-10-16(25-3)11-9-15)21(2)19(23)12-13-22-17-6-4-5-7-18(17)26-20(22)24/h4-11,14H,12-13H2,1-3H3. The van der Waals surface area contributed by atoms with Gasteiger partial charge in [0.25, 0.3) is 0 Å². The van der Waals surface area contributed by atoms with Crippen LogP contribution in [0.2, 0.25) is 0 Å². The molecule has 0 saturated heterocycles. The number of fused-ring (bicyclic) bond motifs is 1. The number of hydrogen-bond acceptors (Lipinski definition) is 4. The highest BCUT2D eigenvalue weighted by molar-refractivity contribution is 5.77. The fourth-order valence-electron chi connectivity index (χ4n) is 2.93. The Kier molecular flexibility index (Phi) is 5.11. The smallest absolute Gasteiger partial charge is 0.419 e. The molecular weight excluding hydrogens is 332 g/mol. The maximum Gasteiger partial charge on any atom is 0.419 e. The Bertz CT molecular complexity index is 956. The van der Waals surface area contributed by atoms with Crippen LogP contribution < -0.4 is 10.5 Å². The quantitative estimate of drug-likeness (QED) is 0.682. The number of ether oxygens (including phenoxy) is 1. The molecule has 1 heterocycles. The summed E-state index contributed by atoms with van der Waals surface area (Å²) in [7, 11) is 3.39. The molecule has 3 aromatic rings. The minimum Gasteiger partial charge on any atom is -0.497 e. The van der Waals surface area contributed by atoms with E-state index in [1.54, 1.807) is 25.1 Å². The van der Waals surface area contributed by atoms with Gasteiger partial charge in [-0.2, -0.15) is 0 Å². The molecule has 6 nitrogen and oxygen atoms in total. The second-order valence-electron chi connectivity index (χ2n) is 6.19. The van der Waals surface area contributed by atoms with Gasteiger partial charge in [0.05, 0.1) is 18.7 Å². The molecule has 0 radical (unpaired) electrons. The Balaban J connectivity index is 1.68. The summed E-state index contributed by atoms with van der Waals surface area (Å²) < 4.78 is 11.9. The van der Waals surface area contributed by atoms with Crippen LogP contribution in [0.3, 0.4) is 0 Å². The molecule has 136 valence electrons. The minimum absolute atomic E-state index is 0.0366. The number of rotatable bonds is 6. The number of para-hydroxylation sites is 2. The molecule has 2 aromatic carbocycles. The Morgan fingerprint density at radius 3 is 2.58 bits per heavy atom. The number of methoxy groups -OCH3 is 1. The van der Waals surface area contributed by atoms with Crippen molar-refractivity contribution < 1.29 is 13.9 Å². The lowest BCUT2D eigenvalue weighted by Gasteiger charge is -2.25. The van der Waals surface area contributed by atoms with Crippen molar-refractivity contribution in [2.24, 2.45) is 0 Å². The monoisotopic (exact) mass is 354 g/mol. The average Bonchev–Trinajstić information content (AvgIpc) is 3.00. The van der Waals surface area contributed by atoms with E-state index in [0.717, 1.165) is 11.3 Å². The predicted molar refractivity (Wildman–Crippen MR) is 99.3 cm³/mol. The zero-order valence-corrected chi connectivity index (χ0v) is 15.1. The Hall–Kier alpha value is -3.02. The van der Waals surface area contributed by atoms with Crippen molar-refractivity contribution in [3.63, 3.8) is 0 Å². The summed E-state index contributed by atoms with van der Waals surface area (Å²) >= 11 is 0. The van der Waals surface area contributed by atoms with Gasteiger partial charge in [-0.05, 0) is 36.8 Å². The number of aromatic nitrogens is 1. The molecule has 0 N–H and O–H groups in total. The summed E-state index contributed by atoms with van der Waals surface area (Å²) in [5.41, 5.74) is 2.26. The molecule has 3 rings (SSSR count). The third-order valence-corrected chi connectivity index (χ3v) is 4.70. The highest BCUT2D eigenvalue weighted by Gasteiger charge is 2.18. The van der Waals surface area contributed by atoms with Gasteiger partial charge >= 0.3 is 5.76 Å². The van der Waals surface area contributed by atoms with Crippen LogP contribution in [0, 0.1) is 0 Å². The number of carbonyl (C=O) groups is 1. The van der Waals surface area contributed by atoms with Crippen LogP contribution in [0.5, 0.6) is 5.75 Å². The molecule has 1 amide bonds. The first-order chi connectivity index (χ1) is 12.5. The van der Waals surface area contributed by atoms with Crippen LogP contribution >= 0.6 is 0 Å². The summed E-state index contributed by atoms with van der Waals surface area (Å²) in [5.74, 6) is 0.302. The molecule has 0 aliphatic rings. The van der Waals surface area contributed by atoms with Crippen LogP contribution in [0.15, 0.2) is 57.7 Å². The number of benzene rings is 2. The van der Waals surface area contributed by atoms with Crippen molar-refractivity contribution >= 4 is 17.0 Å². The zero-order valence-electron chi connectivity index (χ0n) is 15.1. The van der Waals surface area contributed by atoms with Gasteiger partial charge in [-0.3, -0.25) is 9.36 Å². The first kappa shape index (κ1) is 17.8. The zero-order chi connectivity index (χ0) is 18.7. The molecule has 1 atom stereocenters. The molecule has 0 bridgehead atoms. The number of amides is 1. The van der Waals surface area contributed by atoms with E-state index < -0.39 is 5.76 Å².